The van der Waals surface area contributed by atoms with E-state index in [1.807, 2.05) is 6.92 Å². The maximum atomic E-state index is 12.5. The molecule has 0 aliphatic heterocycles. The van der Waals surface area contributed by atoms with Gasteiger partial charge in [-0.2, -0.15) is 0 Å². The Bertz CT molecular complexity index is 487. The maximum absolute atomic E-state index is 12.5. The van der Waals surface area contributed by atoms with Crippen LogP contribution in [0.25, 0.3) is 0 Å². The zero-order chi connectivity index (χ0) is 14.7. The highest BCUT2D eigenvalue weighted by Gasteiger charge is 2.31. The van der Waals surface area contributed by atoms with Gasteiger partial charge in [0.15, 0.2) is 0 Å². The first-order valence-corrected chi connectivity index (χ1v) is 7.36. The van der Waals surface area contributed by atoms with E-state index in [9.17, 15) is 4.79 Å². The molecule has 1 fully saturated rings. The minimum Gasteiger partial charge on any atom is -0.493 e. The van der Waals surface area contributed by atoms with Crippen molar-refractivity contribution in [3.8, 4) is 5.75 Å². The summed E-state index contributed by atoms with van der Waals surface area (Å²) in [4.78, 5) is 12.5. The SMILES string of the molecule is CCOc1cccc(N)c1C(=O)NC1CCC(C)C1C. The lowest BCUT2D eigenvalue weighted by atomic mass is 9.97. The van der Waals surface area contributed by atoms with Gasteiger partial charge in [0.2, 0.25) is 0 Å². The molecule has 1 aliphatic carbocycles. The van der Waals surface area contributed by atoms with Crippen LogP contribution in [0.1, 0.15) is 44.0 Å². The van der Waals surface area contributed by atoms with Gasteiger partial charge in [-0.05, 0) is 43.7 Å². The number of anilines is 1. The van der Waals surface area contributed by atoms with Gasteiger partial charge in [0.05, 0.1) is 6.61 Å². The number of carbonyl (C=O) groups is 1. The van der Waals surface area contributed by atoms with Crippen LogP contribution >= 0.6 is 0 Å². The van der Waals surface area contributed by atoms with Crippen LogP contribution in [-0.4, -0.2) is 18.6 Å². The summed E-state index contributed by atoms with van der Waals surface area (Å²) in [6, 6.07) is 5.55. The Morgan fingerprint density at radius 3 is 2.75 bits per heavy atom. The second-order valence-electron chi connectivity index (χ2n) is 5.65. The van der Waals surface area contributed by atoms with Crippen molar-refractivity contribution < 1.29 is 9.53 Å². The first kappa shape index (κ1) is 14.7. The molecule has 0 saturated heterocycles. The fraction of sp³-hybridized carbons (Fsp3) is 0.562. The fourth-order valence-corrected chi connectivity index (χ4v) is 2.88. The second kappa shape index (κ2) is 6.16. The van der Waals surface area contributed by atoms with Crippen molar-refractivity contribution in [2.45, 2.75) is 39.7 Å². The molecule has 1 aliphatic rings. The summed E-state index contributed by atoms with van der Waals surface area (Å²) in [5.74, 6) is 1.58. The standard InChI is InChI=1S/C16H24N2O2/c1-4-20-14-7-5-6-12(17)15(14)16(19)18-13-9-8-10(2)11(13)3/h5-7,10-11,13H,4,8-9,17H2,1-3H3,(H,18,19). The van der Waals surface area contributed by atoms with E-state index in [4.69, 9.17) is 10.5 Å². The molecular formula is C16H24N2O2. The zero-order valence-electron chi connectivity index (χ0n) is 12.5. The zero-order valence-corrected chi connectivity index (χ0v) is 12.5. The van der Waals surface area contributed by atoms with Crippen LogP contribution in [0.2, 0.25) is 0 Å². The largest absolute Gasteiger partial charge is 0.493 e. The number of nitrogens with one attached hydrogen (secondary N) is 1. The van der Waals surface area contributed by atoms with E-state index in [0.717, 1.165) is 12.8 Å². The van der Waals surface area contributed by atoms with E-state index in [-0.39, 0.29) is 11.9 Å². The van der Waals surface area contributed by atoms with E-state index in [2.05, 4.69) is 19.2 Å². The Hall–Kier alpha value is -1.71. The monoisotopic (exact) mass is 276 g/mol. The molecule has 4 heteroatoms. The summed E-state index contributed by atoms with van der Waals surface area (Å²) < 4.78 is 5.51. The number of nitrogen functional groups attached to an aromatic ring is 1. The van der Waals surface area contributed by atoms with Crippen LogP contribution in [0.15, 0.2) is 18.2 Å². The average molecular weight is 276 g/mol. The molecule has 0 heterocycles. The van der Waals surface area contributed by atoms with Gasteiger partial charge in [-0.15, -0.1) is 0 Å². The molecule has 4 nitrogen and oxygen atoms in total. The van der Waals surface area contributed by atoms with Crippen molar-refractivity contribution in [2.24, 2.45) is 11.8 Å². The lowest BCUT2D eigenvalue weighted by Crippen LogP contribution is -2.37. The molecule has 0 bridgehead atoms. The third-order valence-electron chi connectivity index (χ3n) is 4.37. The molecule has 2 rings (SSSR count). The van der Waals surface area contributed by atoms with Crippen molar-refractivity contribution >= 4 is 11.6 Å². The summed E-state index contributed by atoms with van der Waals surface area (Å²) >= 11 is 0. The molecule has 1 amide bonds. The van der Waals surface area contributed by atoms with Crippen molar-refractivity contribution in [3.63, 3.8) is 0 Å². The number of hydrogen-bond acceptors (Lipinski definition) is 3. The van der Waals surface area contributed by atoms with Gasteiger partial charge < -0.3 is 15.8 Å². The Kier molecular flexibility index (Phi) is 4.53. The summed E-state index contributed by atoms with van der Waals surface area (Å²) in [5.41, 5.74) is 6.87. The lowest BCUT2D eigenvalue weighted by Gasteiger charge is -2.21. The first-order chi connectivity index (χ1) is 9.54. The fourth-order valence-electron chi connectivity index (χ4n) is 2.88. The second-order valence-corrected chi connectivity index (χ2v) is 5.65. The van der Waals surface area contributed by atoms with Crippen LogP contribution in [0, 0.1) is 11.8 Å². The average Bonchev–Trinajstić information content (AvgIpc) is 2.71. The minimum atomic E-state index is -0.127. The Morgan fingerprint density at radius 1 is 1.40 bits per heavy atom. The number of rotatable bonds is 4. The van der Waals surface area contributed by atoms with Gasteiger partial charge in [-0.25, -0.2) is 0 Å². The molecule has 110 valence electrons. The number of carbonyl (C=O) groups excluding carboxylic acids is 1. The molecule has 0 spiro atoms. The lowest BCUT2D eigenvalue weighted by molar-refractivity contribution is 0.0924. The topological polar surface area (TPSA) is 64.3 Å². The Balaban J connectivity index is 2.17. The van der Waals surface area contributed by atoms with Crippen LogP contribution in [0.4, 0.5) is 5.69 Å². The molecule has 1 saturated carbocycles. The molecule has 20 heavy (non-hydrogen) atoms. The molecule has 1 aromatic carbocycles. The summed E-state index contributed by atoms with van der Waals surface area (Å²) in [5, 5.41) is 3.12. The Morgan fingerprint density at radius 2 is 2.15 bits per heavy atom. The third-order valence-corrected chi connectivity index (χ3v) is 4.37. The van der Waals surface area contributed by atoms with Crippen LogP contribution in [0.5, 0.6) is 5.75 Å². The summed E-state index contributed by atoms with van der Waals surface area (Å²) in [6.45, 7) is 6.84. The highest BCUT2D eigenvalue weighted by atomic mass is 16.5. The molecule has 1 aromatic rings. The number of amides is 1. The van der Waals surface area contributed by atoms with Gasteiger partial charge in [-0.3, -0.25) is 4.79 Å². The van der Waals surface area contributed by atoms with Gasteiger partial charge in [0.25, 0.3) is 5.91 Å². The highest BCUT2D eigenvalue weighted by Crippen LogP contribution is 2.32. The van der Waals surface area contributed by atoms with E-state index in [0.29, 0.717) is 35.4 Å². The molecular weight excluding hydrogens is 252 g/mol. The summed E-state index contributed by atoms with van der Waals surface area (Å²) in [6.07, 6.45) is 2.19. The van der Waals surface area contributed by atoms with E-state index < -0.39 is 0 Å². The molecule has 3 unspecified atom stereocenters. The normalized spacial score (nSPS) is 25.4. The highest BCUT2D eigenvalue weighted by molar-refractivity contribution is 6.02. The maximum Gasteiger partial charge on any atom is 0.257 e. The van der Waals surface area contributed by atoms with Gasteiger partial charge in [-0.1, -0.05) is 19.9 Å². The minimum absolute atomic E-state index is 0.127. The molecule has 3 N–H and O–H groups in total. The number of hydrogen-bond donors (Lipinski definition) is 2. The van der Waals surface area contributed by atoms with Gasteiger partial charge in [0, 0.05) is 11.7 Å². The van der Waals surface area contributed by atoms with E-state index in [1.54, 1.807) is 18.2 Å². The number of nitrogens with two attached hydrogens (primary N) is 1. The smallest absolute Gasteiger partial charge is 0.257 e. The van der Waals surface area contributed by atoms with Gasteiger partial charge in [0.1, 0.15) is 11.3 Å². The predicted molar refractivity (Wildman–Crippen MR) is 80.8 cm³/mol. The third kappa shape index (κ3) is 2.89. The molecule has 3 atom stereocenters. The van der Waals surface area contributed by atoms with Gasteiger partial charge >= 0.3 is 0 Å². The van der Waals surface area contributed by atoms with Crippen molar-refractivity contribution in [1.29, 1.82) is 0 Å². The first-order valence-electron chi connectivity index (χ1n) is 7.36. The van der Waals surface area contributed by atoms with Crippen molar-refractivity contribution in [1.82, 2.24) is 5.32 Å². The number of ether oxygens (including phenoxy) is 1. The van der Waals surface area contributed by atoms with Crippen LogP contribution in [0.3, 0.4) is 0 Å². The predicted octanol–water partition coefficient (Wildman–Crippen LogP) is 2.83. The van der Waals surface area contributed by atoms with E-state index >= 15 is 0 Å². The summed E-state index contributed by atoms with van der Waals surface area (Å²) in [7, 11) is 0. The molecule has 0 radical (unpaired) electrons. The quantitative estimate of drug-likeness (QED) is 0.831. The van der Waals surface area contributed by atoms with Crippen LogP contribution in [-0.2, 0) is 0 Å². The number of benzene rings is 1. The van der Waals surface area contributed by atoms with E-state index in [1.165, 1.54) is 0 Å². The van der Waals surface area contributed by atoms with Crippen molar-refractivity contribution in [2.75, 3.05) is 12.3 Å². The van der Waals surface area contributed by atoms with Crippen molar-refractivity contribution in [3.05, 3.63) is 23.8 Å². The van der Waals surface area contributed by atoms with Crippen LogP contribution < -0.4 is 15.8 Å². The molecule has 0 aromatic heterocycles. The Labute approximate surface area is 120 Å².